The van der Waals surface area contributed by atoms with Crippen LogP contribution in [0.1, 0.15) is 30.9 Å². The van der Waals surface area contributed by atoms with Gasteiger partial charge < -0.3 is 15.0 Å². The molecule has 0 bridgehead atoms. The van der Waals surface area contributed by atoms with Gasteiger partial charge in [0.05, 0.1) is 18.9 Å². The van der Waals surface area contributed by atoms with Gasteiger partial charge in [0.1, 0.15) is 5.75 Å². The minimum atomic E-state index is -0.164. The minimum Gasteiger partial charge on any atom is -0.494 e. The van der Waals surface area contributed by atoms with Gasteiger partial charge in [0.15, 0.2) is 0 Å². The molecule has 2 amide bonds. The Labute approximate surface area is 189 Å². The van der Waals surface area contributed by atoms with E-state index in [9.17, 15) is 9.59 Å². The number of hydrogen-bond donors (Lipinski definition) is 1. The van der Waals surface area contributed by atoms with Gasteiger partial charge in [0.2, 0.25) is 11.8 Å². The molecule has 5 nitrogen and oxygen atoms in total. The number of carbonyl (C=O) groups excluding carboxylic acids is 2. The number of rotatable bonds is 7. The van der Waals surface area contributed by atoms with Crippen molar-refractivity contribution in [3.63, 3.8) is 0 Å². The second-order valence-electron chi connectivity index (χ2n) is 8.29. The van der Waals surface area contributed by atoms with Crippen molar-refractivity contribution in [1.29, 1.82) is 0 Å². The zero-order valence-electron chi connectivity index (χ0n) is 18.5. The molecule has 1 saturated heterocycles. The number of piperidine rings is 1. The Morgan fingerprint density at radius 2 is 1.81 bits per heavy atom. The number of ether oxygens (including phenoxy) is 1. The van der Waals surface area contributed by atoms with Gasteiger partial charge in [-0.2, -0.15) is 0 Å². The molecular weight excluding hydrogens is 400 g/mol. The Bertz CT molecular complexity index is 1070. The highest BCUT2D eigenvalue weighted by molar-refractivity contribution is 5.90. The molecule has 1 atom stereocenters. The van der Waals surface area contributed by atoms with Crippen molar-refractivity contribution in [2.24, 2.45) is 5.92 Å². The zero-order chi connectivity index (χ0) is 22.3. The van der Waals surface area contributed by atoms with E-state index in [-0.39, 0.29) is 17.7 Å². The molecule has 1 aliphatic heterocycles. The maximum atomic E-state index is 13.0. The molecule has 0 radical (unpaired) electrons. The lowest BCUT2D eigenvalue weighted by molar-refractivity contribution is -0.135. The summed E-state index contributed by atoms with van der Waals surface area (Å²) in [4.78, 5) is 27.6. The Morgan fingerprint density at radius 3 is 2.62 bits per heavy atom. The molecule has 0 spiro atoms. The highest BCUT2D eigenvalue weighted by Crippen LogP contribution is 2.22. The maximum absolute atomic E-state index is 13.0. The molecule has 0 unspecified atom stereocenters. The normalized spacial score (nSPS) is 16.0. The van der Waals surface area contributed by atoms with Crippen LogP contribution in [-0.4, -0.2) is 36.4 Å². The molecule has 4 rings (SSSR count). The smallest absolute Gasteiger partial charge is 0.227 e. The zero-order valence-corrected chi connectivity index (χ0v) is 18.5. The summed E-state index contributed by atoms with van der Waals surface area (Å²) in [6.07, 6.45) is 2.03. The molecule has 32 heavy (non-hydrogen) atoms. The van der Waals surface area contributed by atoms with Crippen molar-refractivity contribution in [1.82, 2.24) is 10.2 Å². The summed E-state index contributed by atoms with van der Waals surface area (Å²) in [7, 11) is 0. The molecule has 1 aliphatic rings. The van der Waals surface area contributed by atoms with Crippen LogP contribution in [-0.2, 0) is 22.6 Å². The van der Waals surface area contributed by atoms with Crippen LogP contribution < -0.4 is 10.1 Å². The minimum absolute atomic E-state index is 0.0153. The van der Waals surface area contributed by atoms with Crippen LogP contribution in [0, 0.1) is 5.92 Å². The Hall–Kier alpha value is -3.34. The highest BCUT2D eigenvalue weighted by atomic mass is 16.5. The molecule has 0 aromatic heterocycles. The first-order chi connectivity index (χ1) is 15.6. The Kier molecular flexibility index (Phi) is 7.05. The van der Waals surface area contributed by atoms with Gasteiger partial charge in [-0.25, -0.2) is 0 Å². The molecule has 1 fully saturated rings. The molecule has 3 aromatic rings. The molecule has 0 saturated carbocycles. The van der Waals surface area contributed by atoms with Crippen LogP contribution >= 0.6 is 0 Å². The fourth-order valence-electron chi connectivity index (χ4n) is 4.34. The second kappa shape index (κ2) is 10.3. The topological polar surface area (TPSA) is 58.6 Å². The van der Waals surface area contributed by atoms with Crippen molar-refractivity contribution < 1.29 is 14.3 Å². The molecule has 166 valence electrons. The summed E-state index contributed by atoms with van der Waals surface area (Å²) in [5.41, 5.74) is 2.07. The summed E-state index contributed by atoms with van der Waals surface area (Å²) in [6, 6.07) is 22.0. The molecule has 0 aliphatic carbocycles. The van der Waals surface area contributed by atoms with Crippen LogP contribution in [0.15, 0.2) is 66.7 Å². The monoisotopic (exact) mass is 430 g/mol. The third kappa shape index (κ3) is 5.28. The first-order valence-electron chi connectivity index (χ1n) is 11.4. The van der Waals surface area contributed by atoms with Crippen LogP contribution in [0.4, 0.5) is 0 Å². The van der Waals surface area contributed by atoms with Gasteiger partial charge in [-0.3, -0.25) is 9.59 Å². The third-order valence-corrected chi connectivity index (χ3v) is 6.07. The average molecular weight is 431 g/mol. The van der Waals surface area contributed by atoms with Crippen molar-refractivity contribution in [3.8, 4) is 5.75 Å². The SMILES string of the molecule is CCOc1ccc(CNC(=O)[C@@H]2CCCN(C(=O)Cc3cccc4ccccc34)C2)cc1. The lowest BCUT2D eigenvalue weighted by Gasteiger charge is -2.32. The fraction of sp³-hybridized carbons (Fsp3) is 0.333. The Balaban J connectivity index is 1.33. The molecular formula is C27H30N2O3. The molecule has 3 aromatic carbocycles. The predicted molar refractivity (Wildman–Crippen MR) is 126 cm³/mol. The van der Waals surface area contributed by atoms with Crippen LogP contribution in [0.2, 0.25) is 0 Å². The first-order valence-corrected chi connectivity index (χ1v) is 11.4. The number of benzene rings is 3. The summed E-state index contributed by atoms with van der Waals surface area (Å²) in [5.74, 6) is 0.769. The lowest BCUT2D eigenvalue weighted by Crippen LogP contribution is -2.45. The largest absolute Gasteiger partial charge is 0.494 e. The summed E-state index contributed by atoms with van der Waals surface area (Å²) in [5, 5.41) is 5.29. The van der Waals surface area contributed by atoms with Gasteiger partial charge in [0, 0.05) is 19.6 Å². The van der Waals surface area contributed by atoms with E-state index < -0.39 is 0 Å². The van der Waals surface area contributed by atoms with E-state index in [0.717, 1.165) is 40.5 Å². The first kappa shape index (κ1) is 21.9. The number of likely N-dealkylation sites (tertiary alicyclic amines) is 1. The number of nitrogens with one attached hydrogen (secondary N) is 1. The highest BCUT2D eigenvalue weighted by Gasteiger charge is 2.28. The molecule has 1 N–H and O–H groups in total. The van der Waals surface area contributed by atoms with Crippen molar-refractivity contribution >= 4 is 22.6 Å². The summed E-state index contributed by atoms with van der Waals surface area (Å²) < 4.78 is 5.46. The van der Waals surface area contributed by atoms with Gasteiger partial charge >= 0.3 is 0 Å². The standard InChI is InChI=1S/C27H30N2O3/c1-2-32-24-14-12-20(13-15-24)18-28-27(31)23-10-6-16-29(19-23)26(30)17-22-9-5-8-21-7-3-4-11-25(21)22/h3-5,7-9,11-15,23H,2,6,10,16-19H2,1H3,(H,28,31)/t23-/m1/s1. The van der Waals surface area contributed by atoms with E-state index in [1.54, 1.807) is 0 Å². The van der Waals surface area contributed by atoms with E-state index in [1.165, 1.54) is 0 Å². The van der Waals surface area contributed by atoms with Gasteiger partial charge in [-0.05, 0) is 53.8 Å². The average Bonchev–Trinajstić information content (AvgIpc) is 2.84. The van der Waals surface area contributed by atoms with Gasteiger partial charge in [-0.1, -0.05) is 54.6 Å². The number of hydrogen-bond acceptors (Lipinski definition) is 3. The van der Waals surface area contributed by atoms with E-state index in [1.807, 2.05) is 60.4 Å². The van der Waals surface area contributed by atoms with Crippen LogP contribution in [0.25, 0.3) is 10.8 Å². The Morgan fingerprint density at radius 1 is 1.03 bits per heavy atom. The van der Waals surface area contributed by atoms with E-state index in [2.05, 4.69) is 23.5 Å². The van der Waals surface area contributed by atoms with Crippen LogP contribution in [0.3, 0.4) is 0 Å². The van der Waals surface area contributed by atoms with Crippen molar-refractivity contribution in [3.05, 3.63) is 77.9 Å². The summed E-state index contributed by atoms with van der Waals surface area (Å²) in [6.45, 7) is 4.26. The summed E-state index contributed by atoms with van der Waals surface area (Å²) >= 11 is 0. The quantitative estimate of drug-likeness (QED) is 0.607. The van der Waals surface area contributed by atoms with E-state index in [0.29, 0.717) is 32.7 Å². The number of carbonyl (C=O) groups is 2. The van der Waals surface area contributed by atoms with Gasteiger partial charge in [-0.15, -0.1) is 0 Å². The number of nitrogens with zero attached hydrogens (tertiary/aromatic N) is 1. The van der Waals surface area contributed by atoms with Gasteiger partial charge in [0.25, 0.3) is 0 Å². The predicted octanol–water partition coefficient (Wildman–Crippen LogP) is 4.34. The van der Waals surface area contributed by atoms with Crippen LogP contribution in [0.5, 0.6) is 5.75 Å². The lowest BCUT2D eigenvalue weighted by atomic mass is 9.95. The van der Waals surface area contributed by atoms with E-state index in [4.69, 9.17) is 4.74 Å². The third-order valence-electron chi connectivity index (χ3n) is 6.07. The van der Waals surface area contributed by atoms with Crippen molar-refractivity contribution in [2.45, 2.75) is 32.7 Å². The number of fused-ring (bicyclic) bond motifs is 1. The van der Waals surface area contributed by atoms with Crippen molar-refractivity contribution in [2.75, 3.05) is 19.7 Å². The number of amides is 2. The second-order valence-corrected chi connectivity index (χ2v) is 8.29. The fourth-order valence-corrected chi connectivity index (χ4v) is 4.34. The maximum Gasteiger partial charge on any atom is 0.227 e. The molecule has 5 heteroatoms. The molecule has 1 heterocycles. The van der Waals surface area contributed by atoms with E-state index >= 15 is 0 Å².